The second-order valence-corrected chi connectivity index (χ2v) is 16.3. The van der Waals surface area contributed by atoms with Crippen LogP contribution >= 0.6 is 0 Å². The van der Waals surface area contributed by atoms with E-state index in [4.69, 9.17) is 0 Å². The highest BCUT2D eigenvalue weighted by Gasteiger charge is 2.30. The highest BCUT2D eigenvalue weighted by Crippen LogP contribution is 2.51. The number of fused-ring (bicyclic) bond motifs is 6. The summed E-state index contributed by atoms with van der Waals surface area (Å²) in [5.74, 6) is 0.186. The molecule has 0 heterocycles. The molecule has 11 aromatic carbocycles. The predicted octanol–water partition coefficient (Wildman–Crippen LogP) is 16.6. The molecule has 11 aromatic rings. The van der Waals surface area contributed by atoms with E-state index in [-0.39, 0.29) is 5.92 Å². The van der Waals surface area contributed by atoms with Crippen LogP contribution in [-0.2, 0) is 0 Å². The van der Waals surface area contributed by atoms with Crippen molar-refractivity contribution in [2.75, 3.05) is 0 Å². The van der Waals surface area contributed by atoms with Gasteiger partial charge in [-0.15, -0.1) is 0 Å². The third-order valence-electron chi connectivity index (χ3n) is 12.9. The zero-order valence-corrected chi connectivity index (χ0v) is 33.6. The summed E-state index contributed by atoms with van der Waals surface area (Å²) >= 11 is 0. The van der Waals surface area contributed by atoms with Crippen molar-refractivity contribution in [3.05, 3.63) is 253 Å². The Kier molecular flexibility index (Phi) is 8.35. The molecular formula is C61H40. The summed E-state index contributed by atoms with van der Waals surface area (Å²) in [6, 6.07) is 87.5. The molecule has 0 spiro atoms. The third kappa shape index (κ3) is 5.83. The van der Waals surface area contributed by atoms with E-state index in [1.165, 1.54) is 116 Å². The smallest absolute Gasteiger partial charge is 0.0352 e. The van der Waals surface area contributed by atoms with Gasteiger partial charge in [0.15, 0.2) is 0 Å². The Hall–Kier alpha value is -7.80. The Balaban J connectivity index is 1.07. The van der Waals surface area contributed by atoms with Gasteiger partial charge < -0.3 is 0 Å². The van der Waals surface area contributed by atoms with Crippen molar-refractivity contribution in [2.45, 2.75) is 5.92 Å². The molecule has 0 heteroatoms. The molecule has 284 valence electrons. The molecule has 0 N–H and O–H groups in total. The highest BCUT2D eigenvalue weighted by atomic mass is 14.3. The second-order valence-electron chi connectivity index (χ2n) is 16.3. The molecule has 12 rings (SSSR count). The first-order chi connectivity index (χ1) is 30.3. The second kappa shape index (κ2) is 14.5. The van der Waals surface area contributed by atoms with Gasteiger partial charge >= 0.3 is 0 Å². The molecule has 0 fully saturated rings. The maximum atomic E-state index is 2.48. The summed E-state index contributed by atoms with van der Waals surface area (Å²) in [5, 5.41) is 7.53. The van der Waals surface area contributed by atoms with E-state index in [1.807, 2.05) is 0 Å². The van der Waals surface area contributed by atoms with Crippen LogP contribution in [0.15, 0.2) is 237 Å². The van der Waals surface area contributed by atoms with Gasteiger partial charge in [-0.25, -0.2) is 0 Å². The van der Waals surface area contributed by atoms with Gasteiger partial charge in [-0.2, -0.15) is 0 Å². The first kappa shape index (κ1) is 35.2. The minimum absolute atomic E-state index is 0.186. The van der Waals surface area contributed by atoms with Crippen molar-refractivity contribution >= 4 is 32.3 Å². The Bertz CT molecular complexity index is 3340. The van der Waals surface area contributed by atoms with E-state index in [9.17, 15) is 0 Å². The molecule has 0 aliphatic heterocycles. The lowest BCUT2D eigenvalue weighted by Crippen LogP contribution is -1.99. The van der Waals surface area contributed by atoms with Gasteiger partial charge in [-0.3, -0.25) is 0 Å². The van der Waals surface area contributed by atoms with Crippen LogP contribution in [-0.4, -0.2) is 0 Å². The van der Waals surface area contributed by atoms with Crippen LogP contribution in [0.5, 0.6) is 0 Å². The summed E-state index contributed by atoms with van der Waals surface area (Å²) in [7, 11) is 0. The van der Waals surface area contributed by atoms with Crippen molar-refractivity contribution in [3.63, 3.8) is 0 Å². The fourth-order valence-electron chi connectivity index (χ4n) is 10.2. The highest BCUT2D eigenvalue weighted by molar-refractivity contribution is 6.24. The zero-order valence-electron chi connectivity index (χ0n) is 33.6. The maximum Gasteiger partial charge on any atom is 0.0352 e. The summed E-state index contributed by atoms with van der Waals surface area (Å²) in [6.45, 7) is 0. The normalized spacial score (nSPS) is 13.1. The van der Waals surface area contributed by atoms with Gasteiger partial charge in [-0.05, 0) is 140 Å². The molecule has 1 atom stereocenters. The molecule has 1 aliphatic carbocycles. The topological polar surface area (TPSA) is 0 Å². The Morgan fingerprint density at radius 3 is 1.25 bits per heavy atom. The van der Waals surface area contributed by atoms with Crippen molar-refractivity contribution in [1.29, 1.82) is 0 Å². The number of hydrogen-bond acceptors (Lipinski definition) is 0. The lowest BCUT2D eigenvalue weighted by Gasteiger charge is -2.21. The lowest BCUT2D eigenvalue weighted by molar-refractivity contribution is 1.02. The van der Waals surface area contributed by atoms with Gasteiger partial charge in [0.1, 0.15) is 0 Å². The lowest BCUT2D eigenvalue weighted by atomic mass is 9.82. The van der Waals surface area contributed by atoms with E-state index in [0.717, 1.165) is 0 Å². The first-order valence-electron chi connectivity index (χ1n) is 21.3. The van der Waals surface area contributed by atoms with Crippen molar-refractivity contribution in [1.82, 2.24) is 0 Å². The Morgan fingerprint density at radius 2 is 0.639 bits per heavy atom. The third-order valence-corrected chi connectivity index (χ3v) is 12.9. The minimum Gasteiger partial charge on any atom is -0.0622 e. The molecule has 0 saturated carbocycles. The first-order valence-corrected chi connectivity index (χ1v) is 21.3. The van der Waals surface area contributed by atoms with Gasteiger partial charge in [-0.1, -0.05) is 212 Å². The SMILES string of the molecule is c1ccc(-c2cc(-c3ccccc3)cc(-c3ccc(-c4c5ccccc5c(-c5ccc6c(c5)C(c5ccccc5)c5ccccc5-6)c5ccccc45)c4ccccc34)c2)cc1. The number of benzene rings is 11. The van der Waals surface area contributed by atoms with Crippen LogP contribution in [0, 0.1) is 0 Å². The molecule has 1 aliphatic rings. The van der Waals surface area contributed by atoms with Crippen LogP contribution < -0.4 is 0 Å². The molecule has 1 unspecified atom stereocenters. The summed E-state index contributed by atoms with van der Waals surface area (Å²) in [6.07, 6.45) is 0. The van der Waals surface area contributed by atoms with Gasteiger partial charge in [0, 0.05) is 5.92 Å². The Labute approximate surface area is 356 Å². The van der Waals surface area contributed by atoms with E-state index in [0.29, 0.717) is 0 Å². The van der Waals surface area contributed by atoms with Gasteiger partial charge in [0.2, 0.25) is 0 Å². The molecular weight excluding hydrogens is 733 g/mol. The number of rotatable bonds is 6. The summed E-state index contributed by atoms with van der Waals surface area (Å²) < 4.78 is 0. The van der Waals surface area contributed by atoms with Crippen molar-refractivity contribution < 1.29 is 0 Å². The average molecular weight is 773 g/mol. The van der Waals surface area contributed by atoms with Crippen LogP contribution in [0.3, 0.4) is 0 Å². The Morgan fingerprint density at radius 1 is 0.213 bits per heavy atom. The molecule has 0 saturated heterocycles. The van der Waals surface area contributed by atoms with E-state index in [2.05, 4.69) is 237 Å². The fraction of sp³-hybridized carbons (Fsp3) is 0.0164. The van der Waals surface area contributed by atoms with Crippen LogP contribution in [0.2, 0.25) is 0 Å². The van der Waals surface area contributed by atoms with Crippen LogP contribution in [0.25, 0.3) is 99.1 Å². The standard InChI is InChI=1S/C61H40/c1-4-18-40(19-5-1)44-36-45(41-20-6-2-7-21-41)38-46(37-44)47-34-35-57(49-25-11-10-24-48(47)49)61-55-30-16-14-28-53(55)60(54-29-15-17-31-56(54)61)43-32-33-51-50-26-12-13-27-52(50)59(58(51)39-43)42-22-8-3-9-23-42/h1-39,59H. The number of hydrogen-bond donors (Lipinski definition) is 0. The zero-order chi connectivity index (χ0) is 40.3. The average Bonchev–Trinajstić information content (AvgIpc) is 3.67. The van der Waals surface area contributed by atoms with Gasteiger partial charge in [0.05, 0.1) is 0 Å². The monoisotopic (exact) mass is 772 g/mol. The van der Waals surface area contributed by atoms with E-state index >= 15 is 0 Å². The van der Waals surface area contributed by atoms with E-state index in [1.54, 1.807) is 0 Å². The quantitative estimate of drug-likeness (QED) is 0.148. The van der Waals surface area contributed by atoms with Crippen LogP contribution in [0.1, 0.15) is 22.6 Å². The largest absolute Gasteiger partial charge is 0.0622 e. The summed E-state index contributed by atoms with van der Waals surface area (Å²) in [4.78, 5) is 0. The molecule has 0 amide bonds. The van der Waals surface area contributed by atoms with Gasteiger partial charge in [0.25, 0.3) is 0 Å². The molecule has 0 bridgehead atoms. The summed E-state index contributed by atoms with van der Waals surface area (Å²) in [5.41, 5.74) is 19.1. The maximum absolute atomic E-state index is 2.48. The molecule has 0 radical (unpaired) electrons. The van der Waals surface area contributed by atoms with Crippen molar-refractivity contribution in [2.24, 2.45) is 0 Å². The molecule has 0 aromatic heterocycles. The van der Waals surface area contributed by atoms with Crippen LogP contribution in [0.4, 0.5) is 0 Å². The fourth-order valence-corrected chi connectivity index (χ4v) is 10.2. The van der Waals surface area contributed by atoms with Crippen molar-refractivity contribution in [3.8, 4) is 66.8 Å². The van der Waals surface area contributed by atoms with E-state index < -0.39 is 0 Å². The molecule has 61 heavy (non-hydrogen) atoms. The molecule has 0 nitrogen and oxygen atoms in total. The predicted molar refractivity (Wildman–Crippen MR) is 259 cm³/mol. The minimum atomic E-state index is 0.186.